The Labute approximate surface area is 112 Å². The van der Waals surface area contributed by atoms with E-state index in [1.807, 2.05) is 0 Å². The molecule has 0 amide bonds. The average molecular weight is 292 g/mol. The van der Waals surface area contributed by atoms with Gasteiger partial charge in [0.25, 0.3) is 0 Å². The summed E-state index contributed by atoms with van der Waals surface area (Å²) in [4.78, 5) is 0.0534. The molecule has 0 aliphatic carbocycles. The van der Waals surface area contributed by atoms with Gasteiger partial charge in [0, 0.05) is 19.0 Å². The smallest absolute Gasteiger partial charge is 0.207 e. The monoisotopic (exact) mass is 291 g/mol. The summed E-state index contributed by atoms with van der Waals surface area (Å²) in [5.74, 6) is 0.108. The third-order valence-corrected chi connectivity index (χ3v) is 5.68. The van der Waals surface area contributed by atoms with Crippen LogP contribution in [0.3, 0.4) is 0 Å². The van der Waals surface area contributed by atoms with Crippen LogP contribution in [0.5, 0.6) is 0 Å². The Balaban J connectivity index is 2.34. The topological polar surface area (TPSA) is 37.4 Å². The minimum atomic E-state index is -3.60. The maximum Gasteiger partial charge on any atom is 0.243 e. The lowest BCUT2D eigenvalue weighted by Gasteiger charge is -2.17. The van der Waals surface area contributed by atoms with Gasteiger partial charge in [-0.2, -0.15) is 4.31 Å². The predicted octanol–water partition coefficient (Wildman–Crippen LogP) is 2.38. The van der Waals surface area contributed by atoms with Crippen molar-refractivity contribution in [3.63, 3.8) is 0 Å². The van der Waals surface area contributed by atoms with Gasteiger partial charge < -0.3 is 0 Å². The molecule has 0 saturated carbocycles. The molecule has 1 heterocycles. The van der Waals surface area contributed by atoms with Gasteiger partial charge >= 0.3 is 0 Å². The Morgan fingerprint density at radius 1 is 1.50 bits per heavy atom. The number of benzene rings is 1. The lowest BCUT2D eigenvalue weighted by Crippen LogP contribution is -2.29. The quantitative estimate of drug-likeness (QED) is 0.802. The van der Waals surface area contributed by atoms with E-state index in [0.717, 1.165) is 12.5 Å². The Morgan fingerprint density at radius 3 is 2.83 bits per heavy atom. The van der Waals surface area contributed by atoms with Crippen LogP contribution in [0.25, 0.3) is 0 Å². The van der Waals surface area contributed by atoms with Gasteiger partial charge in [-0.15, -0.1) is 11.6 Å². The van der Waals surface area contributed by atoms with Crippen molar-refractivity contribution in [2.45, 2.75) is 18.2 Å². The van der Waals surface area contributed by atoms with Crippen LogP contribution in [0.4, 0.5) is 4.39 Å². The first kappa shape index (κ1) is 13.8. The first-order valence-electron chi connectivity index (χ1n) is 5.77. The first-order valence-corrected chi connectivity index (χ1v) is 7.75. The van der Waals surface area contributed by atoms with Crippen LogP contribution < -0.4 is 0 Å². The van der Waals surface area contributed by atoms with Gasteiger partial charge in [0.05, 0.1) is 4.90 Å². The molecule has 0 bridgehead atoms. The van der Waals surface area contributed by atoms with Crippen LogP contribution >= 0.6 is 11.6 Å². The van der Waals surface area contributed by atoms with E-state index >= 15 is 0 Å². The van der Waals surface area contributed by atoms with E-state index in [1.54, 1.807) is 6.92 Å². The number of sulfonamides is 1. The first-order chi connectivity index (χ1) is 8.45. The molecule has 0 N–H and O–H groups in total. The molecule has 18 heavy (non-hydrogen) atoms. The molecule has 2 rings (SSSR count). The molecule has 1 aromatic rings. The molecule has 1 aromatic carbocycles. The van der Waals surface area contributed by atoms with Crippen molar-refractivity contribution in [3.8, 4) is 0 Å². The summed E-state index contributed by atoms with van der Waals surface area (Å²) in [5.41, 5.74) is 0.561. The van der Waals surface area contributed by atoms with E-state index in [0.29, 0.717) is 24.5 Å². The molecule has 1 saturated heterocycles. The normalized spacial score (nSPS) is 21.4. The molecule has 3 nitrogen and oxygen atoms in total. The largest absolute Gasteiger partial charge is 0.243 e. The Morgan fingerprint density at radius 2 is 2.22 bits per heavy atom. The molecule has 1 unspecified atom stereocenters. The van der Waals surface area contributed by atoms with E-state index in [2.05, 4.69) is 0 Å². The van der Waals surface area contributed by atoms with Crippen LogP contribution in [0.1, 0.15) is 12.0 Å². The summed E-state index contributed by atoms with van der Waals surface area (Å²) in [6, 6.07) is 3.83. The summed E-state index contributed by atoms with van der Waals surface area (Å²) < 4.78 is 39.4. The third kappa shape index (κ3) is 2.53. The van der Waals surface area contributed by atoms with Gasteiger partial charge in [-0.3, -0.25) is 0 Å². The van der Waals surface area contributed by atoms with Crippen molar-refractivity contribution < 1.29 is 12.8 Å². The zero-order chi connectivity index (χ0) is 13.3. The summed E-state index contributed by atoms with van der Waals surface area (Å²) in [5, 5.41) is 0. The number of rotatable bonds is 3. The predicted molar refractivity (Wildman–Crippen MR) is 68.7 cm³/mol. The van der Waals surface area contributed by atoms with E-state index in [-0.39, 0.29) is 10.8 Å². The van der Waals surface area contributed by atoms with Gasteiger partial charge in [0.1, 0.15) is 5.82 Å². The van der Waals surface area contributed by atoms with Crippen LogP contribution in [0.15, 0.2) is 23.1 Å². The van der Waals surface area contributed by atoms with Crippen molar-refractivity contribution in [1.29, 1.82) is 0 Å². The molecular weight excluding hydrogens is 277 g/mol. The van der Waals surface area contributed by atoms with E-state index < -0.39 is 15.8 Å². The van der Waals surface area contributed by atoms with Crippen molar-refractivity contribution in [2.75, 3.05) is 19.0 Å². The fraction of sp³-hybridized carbons (Fsp3) is 0.500. The fourth-order valence-electron chi connectivity index (χ4n) is 2.13. The molecule has 0 spiro atoms. The highest BCUT2D eigenvalue weighted by atomic mass is 35.5. The number of aryl methyl sites for hydroxylation is 1. The number of nitrogens with zero attached hydrogens (tertiary/aromatic N) is 1. The van der Waals surface area contributed by atoms with E-state index in [1.165, 1.54) is 16.4 Å². The highest BCUT2D eigenvalue weighted by Gasteiger charge is 2.33. The van der Waals surface area contributed by atoms with Crippen LogP contribution in [-0.2, 0) is 10.0 Å². The van der Waals surface area contributed by atoms with Gasteiger partial charge in [-0.25, -0.2) is 12.8 Å². The number of hydrogen-bond acceptors (Lipinski definition) is 2. The third-order valence-electron chi connectivity index (χ3n) is 3.23. The van der Waals surface area contributed by atoms with E-state index in [9.17, 15) is 12.8 Å². The Hall–Kier alpha value is -0.650. The SMILES string of the molecule is Cc1ccc(F)cc1S(=O)(=O)N1CCC(CCl)C1. The van der Waals surface area contributed by atoms with Crippen molar-refractivity contribution in [3.05, 3.63) is 29.6 Å². The highest BCUT2D eigenvalue weighted by Crippen LogP contribution is 2.27. The van der Waals surface area contributed by atoms with Crippen molar-refractivity contribution >= 4 is 21.6 Å². The molecule has 0 radical (unpaired) electrons. The van der Waals surface area contributed by atoms with Crippen LogP contribution in [-0.4, -0.2) is 31.7 Å². The summed E-state index contributed by atoms with van der Waals surface area (Å²) in [6.07, 6.45) is 0.761. The molecule has 0 aromatic heterocycles. The van der Waals surface area contributed by atoms with E-state index in [4.69, 9.17) is 11.6 Å². The summed E-state index contributed by atoms with van der Waals surface area (Å²) >= 11 is 5.74. The summed E-state index contributed by atoms with van der Waals surface area (Å²) in [6.45, 7) is 2.54. The molecule has 1 atom stereocenters. The zero-order valence-electron chi connectivity index (χ0n) is 10.1. The maximum absolute atomic E-state index is 13.2. The van der Waals surface area contributed by atoms with Crippen LogP contribution in [0.2, 0.25) is 0 Å². The molecular formula is C12H15ClFNO2S. The molecule has 1 aliphatic heterocycles. The lowest BCUT2D eigenvalue weighted by molar-refractivity contribution is 0.464. The van der Waals surface area contributed by atoms with Crippen molar-refractivity contribution in [2.24, 2.45) is 5.92 Å². The second-order valence-corrected chi connectivity index (χ2v) is 6.80. The Kier molecular flexibility index (Phi) is 3.94. The van der Waals surface area contributed by atoms with Gasteiger partial charge in [-0.05, 0) is 37.0 Å². The summed E-state index contributed by atoms with van der Waals surface area (Å²) in [7, 11) is -3.60. The van der Waals surface area contributed by atoms with Crippen molar-refractivity contribution in [1.82, 2.24) is 4.31 Å². The number of hydrogen-bond donors (Lipinski definition) is 0. The van der Waals surface area contributed by atoms with Gasteiger partial charge in [-0.1, -0.05) is 6.07 Å². The number of halogens is 2. The van der Waals surface area contributed by atoms with Gasteiger partial charge in [0.2, 0.25) is 10.0 Å². The fourth-order valence-corrected chi connectivity index (χ4v) is 4.15. The van der Waals surface area contributed by atoms with Gasteiger partial charge in [0.15, 0.2) is 0 Å². The molecule has 6 heteroatoms. The minimum absolute atomic E-state index is 0.0534. The second kappa shape index (κ2) is 5.15. The second-order valence-electron chi connectivity index (χ2n) is 4.58. The number of alkyl halides is 1. The standard InChI is InChI=1S/C12H15ClFNO2S/c1-9-2-3-11(14)6-12(9)18(16,17)15-5-4-10(7-13)8-15/h2-3,6,10H,4-5,7-8H2,1H3. The van der Waals surface area contributed by atoms with Crippen LogP contribution in [0, 0.1) is 18.7 Å². The lowest BCUT2D eigenvalue weighted by atomic mass is 10.2. The maximum atomic E-state index is 13.2. The molecule has 1 aliphatic rings. The average Bonchev–Trinajstić information content (AvgIpc) is 2.81. The minimum Gasteiger partial charge on any atom is -0.207 e. The Bertz CT molecular complexity index is 547. The zero-order valence-corrected chi connectivity index (χ0v) is 11.6. The highest BCUT2D eigenvalue weighted by molar-refractivity contribution is 7.89. The molecule has 100 valence electrons. The molecule has 1 fully saturated rings.